The Morgan fingerprint density at radius 1 is 1.40 bits per heavy atom. The molecule has 0 radical (unpaired) electrons. The summed E-state index contributed by atoms with van der Waals surface area (Å²) in [6.45, 7) is 7.32. The highest BCUT2D eigenvalue weighted by Crippen LogP contribution is 2.21. The summed E-state index contributed by atoms with van der Waals surface area (Å²) >= 11 is 0. The largest absolute Gasteiger partial charge is 0.395 e. The average Bonchev–Trinajstić information content (AvgIpc) is 2.71. The van der Waals surface area contributed by atoms with E-state index < -0.39 is 0 Å². The molecule has 15 heavy (non-hydrogen) atoms. The highest BCUT2D eigenvalue weighted by Gasteiger charge is 2.25. The topological polar surface area (TPSA) is 23.5 Å². The number of aliphatic hydroxyl groups is 1. The Kier molecular flexibility index (Phi) is 6.26. The molecule has 0 aromatic rings. The average molecular weight is 213 g/mol. The van der Waals surface area contributed by atoms with Gasteiger partial charge in [-0.3, -0.25) is 4.90 Å². The lowest BCUT2D eigenvalue weighted by Gasteiger charge is -2.27. The van der Waals surface area contributed by atoms with Gasteiger partial charge in [0, 0.05) is 12.6 Å². The maximum atomic E-state index is 9.26. The van der Waals surface area contributed by atoms with Crippen molar-refractivity contribution in [2.24, 2.45) is 5.92 Å². The summed E-state index contributed by atoms with van der Waals surface area (Å²) in [5, 5.41) is 9.26. The molecule has 0 aliphatic carbocycles. The van der Waals surface area contributed by atoms with E-state index in [2.05, 4.69) is 18.7 Å². The second-order valence-electron chi connectivity index (χ2n) is 4.89. The summed E-state index contributed by atoms with van der Waals surface area (Å²) in [6, 6.07) is 0.459. The van der Waals surface area contributed by atoms with Gasteiger partial charge in [0.15, 0.2) is 0 Å². The van der Waals surface area contributed by atoms with Crippen molar-refractivity contribution >= 4 is 0 Å². The summed E-state index contributed by atoms with van der Waals surface area (Å²) in [4.78, 5) is 2.50. The second-order valence-corrected chi connectivity index (χ2v) is 4.89. The number of nitrogens with zero attached hydrogens (tertiary/aromatic N) is 1. The van der Waals surface area contributed by atoms with Gasteiger partial charge in [0.1, 0.15) is 0 Å². The van der Waals surface area contributed by atoms with Crippen molar-refractivity contribution in [3.63, 3.8) is 0 Å². The smallest absolute Gasteiger partial charge is 0.0586 e. The van der Waals surface area contributed by atoms with E-state index in [0.717, 1.165) is 5.92 Å². The Bertz CT molecular complexity index is 161. The molecule has 1 heterocycles. The number of rotatable bonds is 7. The zero-order valence-corrected chi connectivity index (χ0v) is 10.4. The van der Waals surface area contributed by atoms with Crippen LogP contribution in [0, 0.1) is 5.92 Å². The van der Waals surface area contributed by atoms with Gasteiger partial charge in [0.05, 0.1) is 6.61 Å². The van der Waals surface area contributed by atoms with Crippen LogP contribution < -0.4 is 0 Å². The first kappa shape index (κ1) is 13.0. The van der Waals surface area contributed by atoms with Gasteiger partial charge in [0.2, 0.25) is 0 Å². The molecule has 1 saturated heterocycles. The zero-order chi connectivity index (χ0) is 11.1. The van der Waals surface area contributed by atoms with E-state index in [0.29, 0.717) is 12.6 Å². The SMILES string of the molecule is CCCCC(CC)CN1CCC[C@@H]1CO. The van der Waals surface area contributed by atoms with Gasteiger partial charge in [0.25, 0.3) is 0 Å². The van der Waals surface area contributed by atoms with Crippen LogP contribution in [0.3, 0.4) is 0 Å². The molecule has 2 heteroatoms. The van der Waals surface area contributed by atoms with E-state index in [-0.39, 0.29) is 0 Å². The lowest BCUT2D eigenvalue weighted by atomic mass is 9.98. The van der Waals surface area contributed by atoms with Crippen LogP contribution in [0.2, 0.25) is 0 Å². The minimum atomic E-state index is 0.351. The van der Waals surface area contributed by atoms with Crippen LogP contribution in [0.25, 0.3) is 0 Å². The molecule has 1 aliphatic rings. The second kappa shape index (κ2) is 7.24. The maximum absolute atomic E-state index is 9.26. The van der Waals surface area contributed by atoms with Gasteiger partial charge >= 0.3 is 0 Å². The van der Waals surface area contributed by atoms with Crippen LogP contribution in [0.15, 0.2) is 0 Å². The van der Waals surface area contributed by atoms with Crippen LogP contribution >= 0.6 is 0 Å². The van der Waals surface area contributed by atoms with Crippen molar-refractivity contribution in [3.05, 3.63) is 0 Å². The Labute approximate surface area is 94.7 Å². The van der Waals surface area contributed by atoms with Crippen LogP contribution in [0.1, 0.15) is 52.4 Å². The Morgan fingerprint density at radius 3 is 2.80 bits per heavy atom. The molecular formula is C13H27NO. The fraction of sp³-hybridized carbons (Fsp3) is 1.00. The van der Waals surface area contributed by atoms with E-state index in [9.17, 15) is 5.11 Å². The van der Waals surface area contributed by atoms with Crippen molar-refractivity contribution in [2.45, 2.75) is 58.4 Å². The van der Waals surface area contributed by atoms with Crippen LogP contribution in [0.4, 0.5) is 0 Å². The van der Waals surface area contributed by atoms with E-state index in [1.807, 2.05) is 0 Å². The number of unbranched alkanes of at least 4 members (excludes halogenated alkanes) is 1. The van der Waals surface area contributed by atoms with Crippen LogP contribution in [-0.4, -0.2) is 35.7 Å². The van der Waals surface area contributed by atoms with Gasteiger partial charge in [-0.05, 0) is 31.7 Å². The number of likely N-dealkylation sites (tertiary alicyclic amines) is 1. The molecule has 1 rings (SSSR count). The van der Waals surface area contributed by atoms with Crippen molar-refractivity contribution in [1.29, 1.82) is 0 Å². The fourth-order valence-corrected chi connectivity index (χ4v) is 2.59. The van der Waals surface area contributed by atoms with Crippen LogP contribution in [0.5, 0.6) is 0 Å². The summed E-state index contributed by atoms with van der Waals surface area (Å²) in [5.41, 5.74) is 0. The number of aliphatic hydroxyl groups excluding tert-OH is 1. The van der Waals surface area contributed by atoms with Crippen molar-refractivity contribution < 1.29 is 5.11 Å². The van der Waals surface area contributed by atoms with Gasteiger partial charge in [-0.1, -0.05) is 33.1 Å². The minimum absolute atomic E-state index is 0.351. The van der Waals surface area contributed by atoms with E-state index in [1.54, 1.807) is 0 Å². The molecule has 2 atom stereocenters. The highest BCUT2D eigenvalue weighted by atomic mass is 16.3. The van der Waals surface area contributed by atoms with Gasteiger partial charge in [-0.2, -0.15) is 0 Å². The summed E-state index contributed by atoms with van der Waals surface area (Å²) in [7, 11) is 0. The Balaban J connectivity index is 2.29. The normalized spacial score (nSPS) is 24.6. The molecule has 0 spiro atoms. The summed E-state index contributed by atoms with van der Waals surface area (Å²) < 4.78 is 0. The molecule has 1 fully saturated rings. The zero-order valence-electron chi connectivity index (χ0n) is 10.4. The molecule has 0 amide bonds. The fourth-order valence-electron chi connectivity index (χ4n) is 2.59. The van der Waals surface area contributed by atoms with Crippen LogP contribution in [-0.2, 0) is 0 Å². The standard InChI is InChI=1S/C13H27NO/c1-3-5-7-12(4-2)10-14-9-6-8-13(14)11-15/h12-13,15H,3-11H2,1-2H3/t12?,13-/m1/s1. The third kappa shape index (κ3) is 4.12. The number of hydrogen-bond donors (Lipinski definition) is 1. The first-order valence-electron chi connectivity index (χ1n) is 6.66. The highest BCUT2D eigenvalue weighted by molar-refractivity contribution is 4.80. The first-order valence-corrected chi connectivity index (χ1v) is 6.66. The lowest BCUT2D eigenvalue weighted by molar-refractivity contribution is 0.138. The Morgan fingerprint density at radius 2 is 2.20 bits per heavy atom. The third-order valence-corrected chi connectivity index (χ3v) is 3.75. The molecular weight excluding hydrogens is 186 g/mol. The molecule has 1 N–H and O–H groups in total. The van der Waals surface area contributed by atoms with E-state index in [4.69, 9.17) is 0 Å². The van der Waals surface area contributed by atoms with Crippen molar-refractivity contribution in [1.82, 2.24) is 4.90 Å². The maximum Gasteiger partial charge on any atom is 0.0586 e. The quantitative estimate of drug-likeness (QED) is 0.703. The molecule has 1 unspecified atom stereocenters. The predicted octanol–water partition coefficient (Wildman–Crippen LogP) is 2.66. The number of hydrogen-bond acceptors (Lipinski definition) is 2. The molecule has 0 saturated carbocycles. The van der Waals surface area contributed by atoms with Gasteiger partial charge in [-0.15, -0.1) is 0 Å². The third-order valence-electron chi connectivity index (χ3n) is 3.75. The lowest BCUT2D eigenvalue weighted by Crippen LogP contribution is -2.36. The van der Waals surface area contributed by atoms with Crippen molar-refractivity contribution in [3.8, 4) is 0 Å². The van der Waals surface area contributed by atoms with E-state index >= 15 is 0 Å². The summed E-state index contributed by atoms with van der Waals surface area (Å²) in [5.74, 6) is 0.845. The first-order chi connectivity index (χ1) is 7.31. The van der Waals surface area contributed by atoms with E-state index in [1.165, 1.54) is 51.6 Å². The Hall–Kier alpha value is -0.0800. The van der Waals surface area contributed by atoms with Crippen molar-refractivity contribution in [2.75, 3.05) is 19.7 Å². The predicted molar refractivity (Wildman–Crippen MR) is 65.0 cm³/mol. The monoisotopic (exact) mass is 213 g/mol. The minimum Gasteiger partial charge on any atom is -0.395 e. The molecule has 2 nitrogen and oxygen atoms in total. The molecule has 0 aromatic carbocycles. The molecule has 0 bridgehead atoms. The van der Waals surface area contributed by atoms with Gasteiger partial charge < -0.3 is 5.11 Å². The molecule has 90 valence electrons. The van der Waals surface area contributed by atoms with Gasteiger partial charge in [-0.25, -0.2) is 0 Å². The summed E-state index contributed by atoms with van der Waals surface area (Å²) in [6.07, 6.45) is 7.78. The molecule has 1 aliphatic heterocycles. The molecule has 0 aromatic heterocycles.